The summed E-state index contributed by atoms with van der Waals surface area (Å²) < 4.78 is 7.41. The highest BCUT2D eigenvalue weighted by Crippen LogP contribution is 2.20. The van der Waals surface area contributed by atoms with Gasteiger partial charge in [0.05, 0.1) is 18.5 Å². The molecule has 0 spiro atoms. The van der Waals surface area contributed by atoms with Crippen molar-refractivity contribution in [1.29, 1.82) is 0 Å². The Hall–Kier alpha value is -1.59. The monoisotopic (exact) mass is 276 g/mol. The quantitative estimate of drug-likeness (QED) is 0.803. The Morgan fingerprint density at radius 2 is 2.20 bits per heavy atom. The first-order valence-electron chi connectivity index (χ1n) is 7.20. The van der Waals surface area contributed by atoms with Crippen LogP contribution in [0.2, 0.25) is 0 Å². The summed E-state index contributed by atoms with van der Waals surface area (Å²) in [6.45, 7) is 8.07. The molecule has 0 aromatic carbocycles. The van der Waals surface area contributed by atoms with Crippen molar-refractivity contribution in [1.82, 2.24) is 20.0 Å². The van der Waals surface area contributed by atoms with Gasteiger partial charge >= 0.3 is 0 Å². The number of hydrogen-bond donors (Lipinski definition) is 1. The molecule has 0 fully saturated rings. The van der Waals surface area contributed by atoms with E-state index in [1.54, 1.807) is 6.26 Å². The van der Waals surface area contributed by atoms with Crippen LogP contribution in [-0.2, 0) is 13.6 Å². The third-order valence-electron chi connectivity index (χ3n) is 3.55. The molecule has 20 heavy (non-hydrogen) atoms. The van der Waals surface area contributed by atoms with Crippen molar-refractivity contribution in [2.45, 2.75) is 26.4 Å². The summed E-state index contributed by atoms with van der Waals surface area (Å²) in [5.41, 5.74) is 1.20. The van der Waals surface area contributed by atoms with Gasteiger partial charge in [-0.05, 0) is 25.2 Å². The standard InChI is InChI=1S/C15H24N4O/c1-4-19(5-2)14(15-7-6-8-20-15)11-16-9-13-10-17-18(3)12-13/h6-8,10,12,14,16H,4-5,9,11H2,1-3H3. The first kappa shape index (κ1) is 14.8. The van der Waals surface area contributed by atoms with Crippen LogP contribution in [0.1, 0.15) is 31.2 Å². The summed E-state index contributed by atoms with van der Waals surface area (Å²) in [6.07, 6.45) is 5.67. The Balaban J connectivity index is 1.94. The lowest BCUT2D eigenvalue weighted by atomic mass is 10.2. The van der Waals surface area contributed by atoms with Gasteiger partial charge in [-0.15, -0.1) is 0 Å². The average Bonchev–Trinajstić information content (AvgIpc) is 3.10. The number of hydrogen-bond acceptors (Lipinski definition) is 4. The van der Waals surface area contributed by atoms with Gasteiger partial charge in [0.15, 0.2) is 0 Å². The predicted molar refractivity (Wildman–Crippen MR) is 79.3 cm³/mol. The van der Waals surface area contributed by atoms with Crippen molar-refractivity contribution in [2.75, 3.05) is 19.6 Å². The molecule has 0 aliphatic carbocycles. The van der Waals surface area contributed by atoms with E-state index in [2.05, 4.69) is 35.2 Å². The summed E-state index contributed by atoms with van der Waals surface area (Å²) >= 11 is 0. The fraction of sp³-hybridized carbons (Fsp3) is 0.533. The van der Waals surface area contributed by atoms with Gasteiger partial charge < -0.3 is 9.73 Å². The molecule has 0 aliphatic heterocycles. The first-order valence-corrected chi connectivity index (χ1v) is 7.20. The number of likely N-dealkylation sites (N-methyl/N-ethyl adjacent to an activating group) is 1. The second-order valence-corrected chi connectivity index (χ2v) is 4.91. The summed E-state index contributed by atoms with van der Waals surface area (Å²) in [5, 5.41) is 7.68. The minimum atomic E-state index is 0.275. The second kappa shape index (κ2) is 7.26. The topological polar surface area (TPSA) is 46.2 Å². The Morgan fingerprint density at radius 1 is 1.40 bits per heavy atom. The van der Waals surface area contributed by atoms with E-state index in [9.17, 15) is 0 Å². The van der Waals surface area contributed by atoms with Crippen molar-refractivity contribution in [3.8, 4) is 0 Å². The van der Waals surface area contributed by atoms with E-state index in [0.29, 0.717) is 0 Å². The lowest BCUT2D eigenvalue weighted by Gasteiger charge is -2.28. The molecule has 0 saturated carbocycles. The number of nitrogens with zero attached hydrogens (tertiary/aromatic N) is 3. The van der Waals surface area contributed by atoms with E-state index in [1.165, 1.54) is 5.56 Å². The number of aromatic nitrogens is 2. The lowest BCUT2D eigenvalue weighted by molar-refractivity contribution is 0.188. The fourth-order valence-corrected chi connectivity index (χ4v) is 2.47. The molecule has 110 valence electrons. The van der Waals surface area contributed by atoms with Crippen molar-refractivity contribution < 1.29 is 4.42 Å². The molecule has 0 radical (unpaired) electrons. The predicted octanol–water partition coefficient (Wildman–Crippen LogP) is 2.19. The Kier molecular flexibility index (Phi) is 5.38. The van der Waals surface area contributed by atoms with Gasteiger partial charge in [-0.25, -0.2) is 0 Å². The van der Waals surface area contributed by atoms with Gasteiger partial charge in [0, 0.05) is 31.9 Å². The maximum atomic E-state index is 5.59. The van der Waals surface area contributed by atoms with Gasteiger partial charge in [-0.3, -0.25) is 9.58 Å². The highest BCUT2D eigenvalue weighted by Gasteiger charge is 2.19. The van der Waals surface area contributed by atoms with Gasteiger partial charge in [0.1, 0.15) is 5.76 Å². The molecule has 1 unspecified atom stereocenters. The van der Waals surface area contributed by atoms with Crippen LogP contribution in [0.15, 0.2) is 35.2 Å². The molecule has 2 aromatic rings. The van der Waals surface area contributed by atoms with E-state index in [-0.39, 0.29) is 6.04 Å². The largest absolute Gasteiger partial charge is 0.468 e. The number of rotatable bonds is 8. The molecule has 1 N–H and O–H groups in total. The van der Waals surface area contributed by atoms with Gasteiger partial charge in [0.2, 0.25) is 0 Å². The number of nitrogens with one attached hydrogen (secondary N) is 1. The van der Waals surface area contributed by atoms with E-state index in [4.69, 9.17) is 4.42 Å². The smallest absolute Gasteiger partial charge is 0.122 e. The number of furan rings is 1. The molecule has 0 amide bonds. The lowest BCUT2D eigenvalue weighted by Crippen LogP contribution is -2.35. The molecule has 0 aliphatic rings. The molecule has 5 nitrogen and oxygen atoms in total. The molecule has 2 heterocycles. The molecule has 2 rings (SSSR count). The molecule has 5 heteroatoms. The highest BCUT2D eigenvalue weighted by atomic mass is 16.3. The van der Waals surface area contributed by atoms with Crippen molar-refractivity contribution in [2.24, 2.45) is 7.05 Å². The minimum absolute atomic E-state index is 0.275. The van der Waals surface area contributed by atoms with Gasteiger partial charge in [0.25, 0.3) is 0 Å². The van der Waals surface area contributed by atoms with E-state index in [1.807, 2.05) is 30.2 Å². The zero-order valence-corrected chi connectivity index (χ0v) is 12.5. The van der Waals surface area contributed by atoms with E-state index in [0.717, 1.165) is 31.9 Å². The molecule has 2 aromatic heterocycles. The second-order valence-electron chi connectivity index (χ2n) is 4.91. The maximum Gasteiger partial charge on any atom is 0.122 e. The normalized spacial score (nSPS) is 13.0. The molecular formula is C15H24N4O. The summed E-state index contributed by atoms with van der Waals surface area (Å²) in [6, 6.07) is 4.28. The van der Waals surface area contributed by atoms with Crippen LogP contribution < -0.4 is 5.32 Å². The van der Waals surface area contributed by atoms with Crippen molar-refractivity contribution in [3.05, 3.63) is 42.1 Å². The van der Waals surface area contributed by atoms with Crippen molar-refractivity contribution in [3.63, 3.8) is 0 Å². The Bertz CT molecular complexity index is 488. The number of aryl methyl sites for hydroxylation is 1. The van der Waals surface area contributed by atoms with Crippen LogP contribution in [0.25, 0.3) is 0 Å². The van der Waals surface area contributed by atoms with Crippen LogP contribution in [0.4, 0.5) is 0 Å². The van der Waals surface area contributed by atoms with Crippen molar-refractivity contribution >= 4 is 0 Å². The molecular weight excluding hydrogens is 252 g/mol. The molecule has 0 bridgehead atoms. The minimum Gasteiger partial charge on any atom is -0.468 e. The SMILES string of the molecule is CCN(CC)C(CNCc1cnn(C)c1)c1ccco1. The maximum absolute atomic E-state index is 5.59. The summed E-state index contributed by atoms with van der Waals surface area (Å²) in [5.74, 6) is 1.02. The first-order chi connectivity index (χ1) is 9.74. The van der Waals surface area contributed by atoms with Crippen LogP contribution in [-0.4, -0.2) is 34.3 Å². The fourth-order valence-electron chi connectivity index (χ4n) is 2.47. The third kappa shape index (κ3) is 3.71. The van der Waals surface area contributed by atoms with Crippen LogP contribution >= 0.6 is 0 Å². The van der Waals surface area contributed by atoms with Crippen LogP contribution in [0, 0.1) is 0 Å². The van der Waals surface area contributed by atoms with Gasteiger partial charge in [-0.2, -0.15) is 5.10 Å². The average molecular weight is 276 g/mol. The van der Waals surface area contributed by atoms with E-state index < -0.39 is 0 Å². The van der Waals surface area contributed by atoms with E-state index >= 15 is 0 Å². The van der Waals surface area contributed by atoms with Crippen LogP contribution in [0.5, 0.6) is 0 Å². The third-order valence-corrected chi connectivity index (χ3v) is 3.55. The molecule has 1 atom stereocenters. The Morgan fingerprint density at radius 3 is 2.75 bits per heavy atom. The van der Waals surface area contributed by atoms with Crippen LogP contribution in [0.3, 0.4) is 0 Å². The zero-order chi connectivity index (χ0) is 14.4. The van der Waals surface area contributed by atoms with Gasteiger partial charge in [-0.1, -0.05) is 13.8 Å². The summed E-state index contributed by atoms with van der Waals surface area (Å²) in [7, 11) is 1.94. The zero-order valence-electron chi connectivity index (χ0n) is 12.5. The summed E-state index contributed by atoms with van der Waals surface area (Å²) in [4.78, 5) is 2.40. The highest BCUT2D eigenvalue weighted by molar-refractivity contribution is 5.07. The molecule has 0 saturated heterocycles. The Labute approximate surface area is 120 Å².